The standard InChI is InChI=1S/C21H23FN4OS/c1-13-10-16(4-5-17(13)22)19-11-14(2)26(24-19)12-21(27)25-8-6-18-20(7-9-25)28-15(3)23-18/h4-5,10-11H,6-9,12H2,1-3H3. The Kier molecular flexibility index (Phi) is 5.02. The molecule has 0 spiro atoms. The Balaban J connectivity index is 1.47. The van der Waals surface area contributed by atoms with Crippen LogP contribution in [-0.2, 0) is 24.2 Å². The van der Waals surface area contributed by atoms with Crippen molar-refractivity contribution in [3.63, 3.8) is 0 Å². The van der Waals surface area contributed by atoms with Crippen LogP contribution in [0.2, 0.25) is 0 Å². The van der Waals surface area contributed by atoms with E-state index < -0.39 is 0 Å². The zero-order valence-corrected chi connectivity index (χ0v) is 17.1. The van der Waals surface area contributed by atoms with Crippen molar-refractivity contribution in [2.75, 3.05) is 13.1 Å². The average molecular weight is 399 g/mol. The number of hydrogen-bond acceptors (Lipinski definition) is 4. The van der Waals surface area contributed by atoms with Crippen molar-refractivity contribution < 1.29 is 9.18 Å². The summed E-state index contributed by atoms with van der Waals surface area (Å²) in [6, 6.07) is 6.90. The summed E-state index contributed by atoms with van der Waals surface area (Å²) < 4.78 is 15.3. The number of aromatic nitrogens is 3. The molecule has 5 nitrogen and oxygen atoms in total. The van der Waals surface area contributed by atoms with Gasteiger partial charge in [0.15, 0.2) is 0 Å². The van der Waals surface area contributed by atoms with Gasteiger partial charge in [0.1, 0.15) is 12.4 Å². The zero-order valence-electron chi connectivity index (χ0n) is 16.3. The number of fused-ring (bicyclic) bond motifs is 1. The molecule has 0 unspecified atom stereocenters. The van der Waals surface area contributed by atoms with Crippen molar-refractivity contribution in [2.24, 2.45) is 0 Å². The minimum atomic E-state index is -0.227. The fourth-order valence-corrected chi connectivity index (χ4v) is 4.56. The SMILES string of the molecule is Cc1nc2c(s1)CCN(C(=O)Cn1nc(-c3ccc(F)c(C)c3)cc1C)CC2. The molecule has 2 aromatic heterocycles. The largest absolute Gasteiger partial charge is 0.340 e. The molecule has 7 heteroatoms. The van der Waals surface area contributed by atoms with Gasteiger partial charge in [-0.15, -0.1) is 11.3 Å². The van der Waals surface area contributed by atoms with Gasteiger partial charge in [-0.2, -0.15) is 5.10 Å². The van der Waals surface area contributed by atoms with Crippen molar-refractivity contribution in [2.45, 2.75) is 40.2 Å². The predicted molar refractivity (Wildman–Crippen MR) is 108 cm³/mol. The highest BCUT2D eigenvalue weighted by atomic mass is 32.1. The Labute approximate surface area is 167 Å². The molecule has 28 heavy (non-hydrogen) atoms. The molecule has 3 aromatic rings. The lowest BCUT2D eigenvalue weighted by Gasteiger charge is -2.20. The molecule has 0 aliphatic carbocycles. The van der Waals surface area contributed by atoms with E-state index >= 15 is 0 Å². The van der Waals surface area contributed by atoms with E-state index in [2.05, 4.69) is 10.1 Å². The van der Waals surface area contributed by atoms with Gasteiger partial charge in [-0.3, -0.25) is 9.48 Å². The molecular weight excluding hydrogens is 375 g/mol. The van der Waals surface area contributed by atoms with Crippen LogP contribution in [0, 0.1) is 26.6 Å². The number of thiazole rings is 1. The van der Waals surface area contributed by atoms with Crippen molar-refractivity contribution in [3.05, 3.63) is 56.9 Å². The second-order valence-electron chi connectivity index (χ2n) is 7.28. The molecule has 0 fully saturated rings. The number of aryl methyl sites for hydroxylation is 3. The van der Waals surface area contributed by atoms with Crippen LogP contribution in [0.5, 0.6) is 0 Å². The average Bonchev–Trinajstić information content (AvgIpc) is 3.13. The maximum atomic E-state index is 13.5. The summed E-state index contributed by atoms with van der Waals surface area (Å²) in [7, 11) is 0. The van der Waals surface area contributed by atoms with E-state index in [1.165, 1.54) is 10.9 Å². The maximum absolute atomic E-state index is 13.5. The van der Waals surface area contributed by atoms with Gasteiger partial charge in [0.05, 0.1) is 16.4 Å². The normalized spacial score (nSPS) is 14.1. The summed E-state index contributed by atoms with van der Waals surface area (Å²) in [5.74, 6) is -0.158. The molecular formula is C21H23FN4OS. The first-order valence-corrected chi connectivity index (χ1v) is 10.3. The molecule has 0 atom stereocenters. The predicted octanol–water partition coefficient (Wildman–Crippen LogP) is 3.70. The van der Waals surface area contributed by atoms with E-state index in [-0.39, 0.29) is 18.3 Å². The molecule has 1 aliphatic rings. The third kappa shape index (κ3) is 3.71. The number of hydrogen-bond donors (Lipinski definition) is 0. The first-order valence-electron chi connectivity index (χ1n) is 9.44. The van der Waals surface area contributed by atoms with Gasteiger partial charge in [-0.05, 0) is 50.6 Å². The van der Waals surface area contributed by atoms with Gasteiger partial charge >= 0.3 is 0 Å². The summed E-state index contributed by atoms with van der Waals surface area (Å²) in [6.07, 6.45) is 1.67. The van der Waals surface area contributed by atoms with Crippen molar-refractivity contribution >= 4 is 17.2 Å². The second kappa shape index (κ2) is 7.47. The molecule has 0 saturated heterocycles. The fourth-order valence-electron chi connectivity index (χ4n) is 3.59. The third-order valence-electron chi connectivity index (χ3n) is 5.19. The number of carbonyl (C=O) groups is 1. The molecule has 3 heterocycles. The van der Waals surface area contributed by atoms with Crippen molar-refractivity contribution in [3.8, 4) is 11.3 Å². The zero-order chi connectivity index (χ0) is 19.8. The van der Waals surface area contributed by atoms with Gasteiger partial charge in [0, 0.05) is 42.1 Å². The summed E-state index contributed by atoms with van der Waals surface area (Å²) in [5, 5.41) is 5.68. The Hall–Kier alpha value is -2.54. The molecule has 0 saturated carbocycles. The Bertz CT molecular complexity index is 1010. The maximum Gasteiger partial charge on any atom is 0.244 e. The number of benzene rings is 1. The lowest BCUT2D eigenvalue weighted by molar-refractivity contribution is -0.132. The first-order chi connectivity index (χ1) is 13.4. The molecule has 1 amide bonds. The molecule has 0 N–H and O–H groups in total. The van der Waals surface area contributed by atoms with Crippen LogP contribution in [0.3, 0.4) is 0 Å². The molecule has 4 rings (SSSR count). The van der Waals surface area contributed by atoms with Crippen LogP contribution in [0.1, 0.15) is 26.8 Å². The van der Waals surface area contributed by atoms with Gasteiger partial charge in [0.25, 0.3) is 0 Å². The number of carbonyl (C=O) groups excluding carboxylic acids is 1. The highest BCUT2D eigenvalue weighted by molar-refractivity contribution is 7.11. The molecule has 1 aromatic carbocycles. The fraction of sp³-hybridized carbons (Fsp3) is 0.381. The Morgan fingerprint density at radius 2 is 1.96 bits per heavy atom. The highest BCUT2D eigenvalue weighted by Gasteiger charge is 2.22. The topological polar surface area (TPSA) is 51.0 Å². The van der Waals surface area contributed by atoms with Crippen LogP contribution in [0.25, 0.3) is 11.3 Å². The lowest BCUT2D eigenvalue weighted by atomic mass is 10.1. The Morgan fingerprint density at radius 3 is 2.75 bits per heavy atom. The van der Waals surface area contributed by atoms with E-state index in [4.69, 9.17) is 0 Å². The van der Waals surface area contributed by atoms with Gasteiger partial charge in [0.2, 0.25) is 5.91 Å². The van der Waals surface area contributed by atoms with E-state index in [1.807, 2.05) is 24.8 Å². The van der Waals surface area contributed by atoms with Crippen molar-refractivity contribution in [1.82, 2.24) is 19.7 Å². The minimum Gasteiger partial charge on any atom is -0.340 e. The van der Waals surface area contributed by atoms with E-state index in [1.54, 1.807) is 35.1 Å². The smallest absolute Gasteiger partial charge is 0.244 e. The molecule has 0 radical (unpaired) electrons. The van der Waals surface area contributed by atoms with Gasteiger partial charge in [-0.1, -0.05) is 0 Å². The van der Waals surface area contributed by atoms with E-state index in [0.717, 1.165) is 47.0 Å². The number of halogens is 1. The quantitative estimate of drug-likeness (QED) is 0.676. The van der Waals surface area contributed by atoms with Crippen LogP contribution < -0.4 is 0 Å². The second-order valence-corrected chi connectivity index (χ2v) is 8.56. The van der Waals surface area contributed by atoms with Crippen LogP contribution in [-0.4, -0.2) is 38.7 Å². The first kappa shape index (κ1) is 18.8. The monoisotopic (exact) mass is 398 g/mol. The molecule has 1 aliphatic heterocycles. The number of nitrogens with zero attached hydrogens (tertiary/aromatic N) is 4. The minimum absolute atomic E-state index is 0.0694. The van der Waals surface area contributed by atoms with Crippen molar-refractivity contribution in [1.29, 1.82) is 0 Å². The van der Waals surface area contributed by atoms with Gasteiger partial charge < -0.3 is 4.90 Å². The summed E-state index contributed by atoms with van der Waals surface area (Å²) in [4.78, 5) is 20.7. The number of amides is 1. The molecule has 146 valence electrons. The lowest BCUT2D eigenvalue weighted by Crippen LogP contribution is -2.36. The van der Waals surface area contributed by atoms with E-state index in [9.17, 15) is 9.18 Å². The third-order valence-corrected chi connectivity index (χ3v) is 6.26. The van der Waals surface area contributed by atoms with E-state index in [0.29, 0.717) is 12.1 Å². The summed E-state index contributed by atoms with van der Waals surface area (Å²) in [6.45, 7) is 7.33. The van der Waals surface area contributed by atoms with Crippen LogP contribution in [0.15, 0.2) is 24.3 Å². The van der Waals surface area contributed by atoms with Crippen LogP contribution in [0.4, 0.5) is 4.39 Å². The molecule has 0 bridgehead atoms. The highest BCUT2D eigenvalue weighted by Crippen LogP contribution is 2.23. The van der Waals surface area contributed by atoms with Crippen LogP contribution >= 0.6 is 11.3 Å². The summed E-state index contributed by atoms with van der Waals surface area (Å²) >= 11 is 1.73. The van der Waals surface area contributed by atoms with Gasteiger partial charge in [-0.25, -0.2) is 9.37 Å². The Morgan fingerprint density at radius 1 is 1.18 bits per heavy atom. The number of rotatable bonds is 3. The summed E-state index contributed by atoms with van der Waals surface area (Å²) in [5.41, 5.74) is 4.25.